The van der Waals surface area contributed by atoms with Crippen LogP contribution in [0.5, 0.6) is 5.75 Å². The summed E-state index contributed by atoms with van der Waals surface area (Å²) in [7, 11) is 0. The molecule has 0 unspecified atom stereocenters. The van der Waals surface area contributed by atoms with Gasteiger partial charge in [-0.15, -0.1) is 25.8 Å². The molecule has 0 N–H and O–H groups in total. The van der Waals surface area contributed by atoms with Gasteiger partial charge in [-0.1, -0.05) is 6.07 Å². The van der Waals surface area contributed by atoms with Crippen LogP contribution < -0.4 is 4.74 Å². The van der Waals surface area contributed by atoms with Crippen molar-refractivity contribution in [3.8, 4) is 5.75 Å². The largest absolute Gasteiger partial charge is 0.573 e. The molecule has 1 aromatic rings. The zero-order valence-electron chi connectivity index (χ0n) is 7.63. The number of thiol groups is 1. The topological polar surface area (TPSA) is 26.3 Å². The maximum atomic E-state index is 12.0. The van der Waals surface area contributed by atoms with Crippen LogP contribution >= 0.6 is 12.6 Å². The highest BCUT2D eigenvalue weighted by molar-refractivity contribution is 7.80. The van der Waals surface area contributed by atoms with Gasteiger partial charge in [0.05, 0.1) is 5.56 Å². The number of rotatable bonds is 2. The Labute approximate surface area is 89.5 Å². The number of alkyl halides is 3. The van der Waals surface area contributed by atoms with E-state index in [1.54, 1.807) is 0 Å². The van der Waals surface area contributed by atoms with Crippen LogP contribution in [-0.2, 0) is 0 Å². The van der Waals surface area contributed by atoms with E-state index in [1.807, 2.05) is 0 Å². The molecule has 0 aromatic heterocycles. The van der Waals surface area contributed by atoms with E-state index in [0.717, 1.165) is 13.0 Å². The van der Waals surface area contributed by atoms with Crippen LogP contribution in [0.2, 0.25) is 0 Å². The summed E-state index contributed by atoms with van der Waals surface area (Å²) in [6, 6.07) is 3.82. The van der Waals surface area contributed by atoms with Crippen LogP contribution in [0.3, 0.4) is 0 Å². The van der Waals surface area contributed by atoms with E-state index in [4.69, 9.17) is 0 Å². The predicted molar refractivity (Wildman–Crippen MR) is 50.4 cm³/mol. The molecule has 82 valence electrons. The smallest absolute Gasteiger partial charge is 0.405 e. The number of ether oxygens (including phenoxy) is 1. The molecule has 2 nitrogen and oxygen atoms in total. The van der Waals surface area contributed by atoms with Crippen molar-refractivity contribution in [3.63, 3.8) is 0 Å². The summed E-state index contributed by atoms with van der Waals surface area (Å²) in [4.78, 5) is 11.2. The van der Waals surface area contributed by atoms with E-state index in [2.05, 4.69) is 17.4 Å². The van der Waals surface area contributed by atoms with Crippen LogP contribution in [0.15, 0.2) is 23.1 Å². The molecule has 0 radical (unpaired) electrons. The summed E-state index contributed by atoms with van der Waals surface area (Å²) in [5.41, 5.74) is -0.168. The van der Waals surface area contributed by atoms with Gasteiger partial charge in [-0.3, -0.25) is 4.79 Å². The first-order valence-corrected chi connectivity index (χ1v) is 4.34. The first kappa shape index (κ1) is 11.9. The van der Waals surface area contributed by atoms with Gasteiger partial charge in [-0.05, 0) is 19.1 Å². The molecule has 0 heterocycles. The summed E-state index contributed by atoms with van der Waals surface area (Å²) < 4.78 is 39.6. The summed E-state index contributed by atoms with van der Waals surface area (Å²) in [6.07, 6.45) is -4.81. The maximum absolute atomic E-state index is 12.0. The fourth-order valence-electron chi connectivity index (χ4n) is 1.08. The minimum absolute atomic E-state index is 0.157. The number of benzene rings is 1. The highest BCUT2D eigenvalue weighted by Gasteiger charge is 2.32. The van der Waals surface area contributed by atoms with E-state index < -0.39 is 17.9 Å². The molecule has 6 heteroatoms. The predicted octanol–water partition coefficient (Wildman–Crippen LogP) is 3.08. The molecular formula is C9H7F3O2S. The lowest BCUT2D eigenvalue weighted by Gasteiger charge is -2.12. The molecule has 0 atom stereocenters. The first-order valence-electron chi connectivity index (χ1n) is 3.90. The van der Waals surface area contributed by atoms with Gasteiger partial charge in [0.15, 0.2) is 5.78 Å². The summed E-state index contributed by atoms with van der Waals surface area (Å²) in [6.45, 7) is 1.15. The molecule has 0 saturated carbocycles. The van der Waals surface area contributed by atoms with Crippen molar-refractivity contribution in [2.45, 2.75) is 18.2 Å². The average molecular weight is 236 g/mol. The minimum atomic E-state index is -4.81. The van der Waals surface area contributed by atoms with Crippen molar-refractivity contribution in [1.29, 1.82) is 0 Å². The second-order valence-corrected chi connectivity index (χ2v) is 3.24. The number of Topliss-reactive ketones (excluding diaryl/α,β-unsaturated/α-hetero) is 1. The van der Waals surface area contributed by atoms with Crippen LogP contribution in [0.25, 0.3) is 0 Å². The van der Waals surface area contributed by atoms with Crippen LogP contribution in [0.1, 0.15) is 17.3 Å². The maximum Gasteiger partial charge on any atom is 0.573 e. The molecule has 0 spiro atoms. The van der Waals surface area contributed by atoms with Crippen molar-refractivity contribution in [2.24, 2.45) is 0 Å². The van der Waals surface area contributed by atoms with Gasteiger partial charge < -0.3 is 4.74 Å². The van der Waals surface area contributed by atoms with Gasteiger partial charge >= 0.3 is 6.36 Å². The van der Waals surface area contributed by atoms with Crippen LogP contribution in [0, 0.1) is 0 Å². The standard InChI is InChI=1S/C9H7F3O2S/c1-5(13)8-6(14-9(10,11)12)3-2-4-7(8)15/h2-4,15H,1H3. The van der Waals surface area contributed by atoms with Gasteiger partial charge in [0.25, 0.3) is 0 Å². The second-order valence-electron chi connectivity index (χ2n) is 2.75. The van der Waals surface area contributed by atoms with Crippen LogP contribution in [0.4, 0.5) is 13.2 Å². The van der Waals surface area contributed by atoms with Gasteiger partial charge in [0.1, 0.15) is 5.75 Å². The van der Waals surface area contributed by atoms with Gasteiger partial charge in [0.2, 0.25) is 0 Å². The van der Waals surface area contributed by atoms with Crippen molar-refractivity contribution in [1.82, 2.24) is 0 Å². The molecule has 15 heavy (non-hydrogen) atoms. The number of carbonyl (C=O) groups is 1. The van der Waals surface area contributed by atoms with Gasteiger partial charge in [-0.2, -0.15) is 0 Å². The molecule has 1 rings (SSSR count). The van der Waals surface area contributed by atoms with E-state index in [-0.39, 0.29) is 10.5 Å². The quantitative estimate of drug-likeness (QED) is 0.631. The number of hydrogen-bond acceptors (Lipinski definition) is 3. The van der Waals surface area contributed by atoms with E-state index >= 15 is 0 Å². The Kier molecular flexibility index (Phi) is 3.28. The highest BCUT2D eigenvalue weighted by atomic mass is 32.1. The Bertz CT molecular complexity index is 387. The zero-order valence-corrected chi connectivity index (χ0v) is 8.52. The Balaban J connectivity index is 3.18. The lowest BCUT2D eigenvalue weighted by Crippen LogP contribution is -2.18. The normalized spacial score (nSPS) is 11.3. The lowest BCUT2D eigenvalue weighted by molar-refractivity contribution is -0.274. The number of halogens is 3. The monoisotopic (exact) mass is 236 g/mol. The SMILES string of the molecule is CC(=O)c1c(S)cccc1OC(F)(F)F. The van der Waals surface area contributed by atoms with Crippen LogP contribution in [-0.4, -0.2) is 12.1 Å². The third-order valence-corrected chi connectivity index (χ3v) is 1.95. The minimum Gasteiger partial charge on any atom is -0.405 e. The Morgan fingerprint density at radius 2 is 2.00 bits per heavy atom. The average Bonchev–Trinajstić information content (AvgIpc) is 1.99. The Hall–Kier alpha value is -1.17. The number of ketones is 1. The fourth-order valence-corrected chi connectivity index (χ4v) is 1.44. The molecule has 0 bridgehead atoms. The molecule has 0 amide bonds. The third kappa shape index (κ3) is 3.16. The van der Waals surface area contributed by atoms with E-state index in [1.165, 1.54) is 12.1 Å². The Morgan fingerprint density at radius 1 is 1.40 bits per heavy atom. The van der Waals surface area contributed by atoms with Crippen molar-refractivity contribution >= 4 is 18.4 Å². The fraction of sp³-hybridized carbons (Fsp3) is 0.222. The second kappa shape index (κ2) is 4.14. The van der Waals surface area contributed by atoms with E-state index in [9.17, 15) is 18.0 Å². The molecular weight excluding hydrogens is 229 g/mol. The number of hydrogen-bond donors (Lipinski definition) is 1. The third-order valence-electron chi connectivity index (χ3n) is 1.58. The van der Waals surface area contributed by atoms with Gasteiger partial charge in [-0.25, -0.2) is 0 Å². The lowest BCUT2D eigenvalue weighted by atomic mass is 10.1. The summed E-state index contributed by atoms with van der Waals surface area (Å²) >= 11 is 3.89. The van der Waals surface area contributed by atoms with E-state index in [0.29, 0.717) is 0 Å². The molecule has 0 saturated heterocycles. The molecule has 0 aliphatic carbocycles. The molecule has 1 aromatic carbocycles. The first-order chi connectivity index (χ1) is 6.81. The summed E-state index contributed by atoms with van der Waals surface area (Å²) in [5.74, 6) is -1.05. The van der Waals surface area contributed by atoms with Crippen molar-refractivity contribution < 1.29 is 22.7 Å². The van der Waals surface area contributed by atoms with Gasteiger partial charge in [0, 0.05) is 4.90 Å². The van der Waals surface area contributed by atoms with Crippen molar-refractivity contribution in [3.05, 3.63) is 23.8 Å². The molecule has 0 fully saturated rings. The Morgan fingerprint density at radius 3 is 2.47 bits per heavy atom. The zero-order chi connectivity index (χ0) is 11.6. The molecule has 0 aliphatic rings. The summed E-state index contributed by atoms with van der Waals surface area (Å²) in [5, 5.41) is 0. The van der Waals surface area contributed by atoms with Crippen molar-refractivity contribution in [2.75, 3.05) is 0 Å². The highest BCUT2D eigenvalue weighted by Crippen LogP contribution is 2.30. The number of carbonyl (C=O) groups excluding carboxylic acids is 1. The molecule has 0 aliphatic heterocycles.